The summed E-state index contributed by atoms with van der Waals surface area (Å²) in [7, 11) is 0. The van der Waals surface area contributed by atoms with Crippen molar-refractivity contribution in [2.24, 2.45) is 0 Å². The van der Waals surface area contributed by atoms with E-state index in [2.05, 4.69) is 10.1 Å². The predicted molar refractivity (Wildman–Crippen MR) is 100 cm³/mol. The Hall–Kier alpha value is -3.17. The topological polar surface area (TPSA) is 58.6 Å². The Bertz CT molecular complexity index is 945. The van der Waals surface area contributed by atoms with E-state index < -0.39 is 35.8 Å². The lowest BCUT2D eigenvalue weighted by atomic mass is 9.93. The third-order valence-electron chi connectivity index (χ3n) is 5.03. The van der Waals surface area contributed by atoms with Crippen LogP contribution in [0.4, 0.5) is 26.7 Å². The summed E-state index contributed by atoms with van der Waals surface area (Å²) in [5, 5.41) is 2.63. The molecule has 1 fully saturated rings. The van der Waals surface area contributed by atoms with Gasteiger partial charge in [-0.15, -0.1) is 0 Å². The van der Waals surface area contributed by atoms with Crippen LogP contribution in [-0.4, -0.2) is 29.0 Å². The zero-order valence-corrected chi connectivity index (χ0v) is 16.4. The Balaban J connectivity index is 1.63. The third-order valence-corrected chi connectivity index (χ3v) is 5.03. The Morgan fingerprint density at radius 2 is 1.58 bits per heavy atom. The molecule has 0 radical (unpaired) electrons. The summed E-state index contributed by atoms with van der Waals surface area (Å²) in [5.74, 6) is -0.479. The number of alkyl halides is 5. The fraction of sp³-hybridized carbons (Fsp3) is 0.333. The summed E-state index contributed by atoms with van der Waals surface area (Å²) in [6.07, 6.45) is -3.84. The van der Waals surface area contributed by atoms with E-state index in [1.54, 1.807) is 19.1 Å². The number of hydrogen-bond acceptors (Lipinski definition) is 3. The molecule has 0 bridgehead atoms. The number of nitrogens with zero attached hydrogens (tertiary/aromatic N) is 1. The molecule has 166 valence electrons. The van der Waals surface area contributed by atoms with Crippen LogP contribution in [0.5, 0.6) is 5.75 Å². The number of amides is 3. The number of rotatable bonds is 7. The molecule has 1 saturated heterocycles. The lowest BCUT2D eigenvalue weighted by Gasteiger charge is -2.22. The second-order valence-electron chi connectivity index (χ2n) is 7.37. The van der Waals surface area contributed by atoms with E-state index in [4.69, 9.17) is 0 Å². The van der Waals surface area contributed by atoms with Crippen LogP contribution in [0.2, 0.25) is 0 Å². The van der Waals surface area contributed by atoms with Gasteiger partial charge in [0.25, 0.3) is 5.91 Å². The number of carbonyl (C=O) groups excluding carboxylic acids is 2. The lowest BCUT2D eigenvalue weighted by molar-refractivity contribution is -0.137. The first kappa shape index (κ1) is 22.5. The number of aryl methyl sites for hydroxylation is 1. The lowest BCUT2D eigenvalue weighted by Crippen LogP contribution is -2.44. The van der Waals surface area contributed by atoms with Crippen molar-refractivity contribution >= 4 is 11.9 Å². The number of halogens is 5. The van der Waals surface area contributed by atoms with Crippen LogP contribution in [0, 0.1) is 0 Å². The number of benzene rings is 2. The van der Waals surface area contributed by atoms with Crippen LogP contribution in [0.3, 0.4) is 0 Å². The van der Waals surface area contributed by atoms with Gasteiger partial charge in [0.2, 0.25) is 0 Å². The SMILES string of the molecule is CC1(CCc2ccc(OC(F)F)cc2)NC(=O)N(Cc2ccc(C(F)(F)F)cc2)C1=O. The van der Waals surface area contributed by atoms with Gasteiger partial charge in [-0.05, 0) is 55.2 Å². The van der Waals surface area contributed by atoms with Gasteiger partial charge in [-0.1, -0.05) is 24.3 Å². The van der Waals surface area contributed by atoms with Gasteiger partial charge in [0.1, 0.15) is 11.3 Å². The fourth-order valence-electron chi connectivity index (χ4n) is 3.27. The molecule has 1 aliphatic rings. The molecule has 2 aromatic rings. The molecule has 2 aromatic carbocycles. The molecule has 1 aliphatic heterocycles. The number of carbonyl (C=O) groups is 2. The summed E-state index contributed by atoms with van der Waals surface area (Å²) in [6.45, 7) is -1.52. The summed E-state index contributed by atoms with van der Waals surface area (Å²) in [4.78, 5) is 26.1. The second-order valence-corrected chi connectivity index (χ2v) is 7.37. The average Bonchev–Trinajstić information content (AvgIpc) is 2.90. The Morgan fingerprint density at radius 3 is 2.13 bits per heavy atom. The number of urea groups is 1. The van der Waals surface area contributed by atoms with Crippen molar-refractivity contribution in [3.63, 3.8) is 0 Å². The maximum atomic E-state index is 12.8. The first-order valence-corrected chi connectivity index (χ1v) is 9.32. The molecule has 31 heavy (non-hydrogen) atoms. The normalized spacial score (nSPS) is 19.1. The predicted octanol–water partition coefficient (Wildman–Crippen LogP) is 4.75. The minimum Gasteiger partial charge on any atom is -0.435 e. The van der Waals surface area contributed by atoms with E-state index in [0.717, 1.165) is 22.6 Å². The zero-order chi connectivity index (χ0) is 22.8. The van der Waals surface area contributed by atoms with Gasteiger partial charge in [-0.3, -0.25) is 9.69 Å². The minimum atomic E-state index is -4.47. The molecule has 0 aromatic heterocycles. The molecule has 1 atom stereocenters. The molecule has 10 heteroatoms. The van der Waals surface area contributed by atoms with Gasteiger partial charge in [-0.2, -0.15) is 22.0 Å². The monoisotopic (exact) mass is 442 g/mol. The molecule has 0 saturated carbocycles. The minimum absolute atomic E-state index is 0.0120. The maximum absolute atomic E-state index is 12.8. The van der Waals surface area contributed by atoms with Crippen LogP contribution in [-0.2, 0) is 23.9 Å². The van der Waals surface area contributed by atoms with Gasteiger partial charge < -0.3 is 10.1 Å². The van der Waals surface area contributed by atoms with Crippen molar-refractivity contribution in [3.8, 4) is 5.75 Å². The van der Waals surface area contributed by atoms with E-state index in [-0.39, 0.29) is 18.7 Å². The summed E-state index contributed by atoms with van der Waals surface area (Å²) >= 11 is 0. The number of hydrogen-bond donors (Lipinski definition) is 1. The molecule has 5 nitrogen and oxygen atoms in total. The summed E-state index contributed by atoms with van der Waals surface area (Å²) in [5.41, 5.74) is -0.870. The van der Waals surface area contributed by atoms with Gasteiger partial charge in [-0.25, -0.2) is 4.79 Å². The highest BCUT2D eigenvalue weighted by molar-refractivity contribution is 6.06. The van der Waals surface area contributed by atoms with E-state index >= 15 is 0 Å². The third kappa shape index (κ3) is 5.31. The molecular weight excluding hydrogens is 423 g/mol. The first-order chi connectivity index (χ1) is 14.5. The number of ether oxygens (including phenoxy) is 1. The summed E-state index contributed by atoms with van der Waals surface area (Å²) < 4.78 is 66.8. The van der Waals surface area contributed by atoms with Crippen molar-refractivity contribution in [2.75, 3.05) is 0 Å². The molecule has 1 N–H and O–H groups in total. The van der Waals surface area contributed by atoms with E-state index in [1.165, 1.54) is 24.3 Å². The highest BCUT2D eigenvalue weighted by Gasteiger charge is 2.47. The fourth-order valence-corrected chi connectivity index (χ4v) is 3.27. The smallest absolute Gasteiger partial charge is 0.416 e. The second kappa shape index (κ2) is 8.52. The highest BCUT2D eigenvalue weighted by atomic mass is 19.4. The molecule has 0 aliphatic carbocycles. The first-order valence-electron chi connectivity index (χ1n) is 9.32. The van der Waals surface area contributed by atoms with Crippen LogP contribution >= 0.6 is 0 Å². The quantitative estimate of drug-likeness (QED) is 0.497. The van der Waals surface area contributed by atoms with E-state index in [9.17, 15) is 31.5 Å². The van der Waals surface area contributed by atoms with Crippen molar-refractivity contribution in [1.29, 1.82) is 0 Å². The van der Waals surface area contributed by atoms with E-state index in [1.807, 2.05) is 0 Å². The average molecular weight is 442 g/mol. The molecule has 3 rings (SSSR count). The van der Waals surface area contributed by atoms with Crippen LogP contribution < -0.4 is 10.1 Å². The largest absolute Gasteiger partial charge is 0.435 e. The van der Waals surface area contributed by atoms with Crippen molar-refractivity contribution < 1.29 is 36.3 Å². The highest BCUT2D eigenvalue weighted by Crippen LogP contribution is 2.30. The van der Waals surface area contributed by atoms with Gasteiger partial charge in [0.15, 0.2) is 0 Å². The van der Waals surface area contributed by atoms with Crippen molar-refractivity contribution in [3.05, 3.63) is 65.2 Å². The standard InChI is InChI=1S/C21H19F5N2O3/c1-20(11-10-13-4-8-16(9-5-13)31-18(22)23)17(29)28(19(30)27-20)12-14-2-6-15(7-3-14)21(24,25)26/h2-9,18H,10-12H2,1H3,(H,27,30). The Kier molecular flexibility index (Phi) is 6.19. The van der Waals surface area contributed by atoms with Crippen LogP contribution in [0.25, 0.3) is 0 Å². The van der Waals surface area contributed by atoms with Crippen LogP contribution in [0.15, 0.2) is 48.5 Å². The number of imide groups is 1. The molecule has 0 spiro atoms. The van der Waals surface area contributed by atoms with Gasteiger partial charge in [0, 0.05) is 0 Å². The zero-order valence-electron chi connectivity index (χ0n) is 16.4. The summed E-state index contributed by atoms with van der Waals surface area (Å²) in [6, 6.07) is 9.55. The van der Waals surface area contributed by atoms with Gasteiger partial charge in [0.05, 0.1) is 12.1 Å². The molecule has 1 unspecified atom stereocenters. The molecular formula is C21H19F5N2O3. The Morgan fingerprint density at radius 1 is 1.00 bits per heavy atom. The van der Waals surface area contributed by atoms with Crippen molar-refractivity contribution in [2.45, 2.75) is 44.6 Å². The molecule has 1 heterocycles. The van der Waals surface area contributed by atoms with Gasteiger partial charge >= 0.3 is 18.8 Å². The van der Waals surface area contributed by atoms with Crippen LogP contribution in [0.1, 0.15) is 30.0 Å². The van der Waals surface area contributed by atoms with Crippen molar-refractivity contribution in [1.82, 2.24) is 10.2 Å². The number of nitrogens with one attached hydrogen (secondary N) is 1. The Labute approximate surface area is 174 Å². The van der Waals surface area contributed by atoms with E-state index in [0.29, 0.717) is 12.0 Å². The maximum Gasteiger partial charge on any atom is 0.416 e. The molecule has 3 amide bonds.